The molecular formula is C23H16F3N5O3. The summed E-state index contributed by atoms with van der Waals surface area (Å²) < 4.78 is 39.7. The van der Waals surface area contributed by atoms with Crippen molar-refractivity contribution in [3.8, 4) is 22.5 Å². The van der Waals surface area contributed by atoms with E-state index in [4.69, 9.17) is 0 Å². The zero-order valence-corrected chi connectivity index (χ0v) is 17.3. The summed E-state index contributed by atoms with van der Waals surface area (Å²) in [7, 11) is 0. The maximum absolute atomic E-state index is 13.2. The lowest BCUT2D eigenvalue weighted by Crippen LogP contribution is -2.14. The number of anilines is 1. The van der Waals surface area contributed by atoms with E-state index < -0.39 is 27.9 Å². The van der Waals surface area contributed by atoms with Gasteiger partial charge in [0.15, 0.2) is 0 Å². The Morgan fingerprint density at radius 1 is 1.03 bits per heavy atom. The number of rotatable bonds is 6. The predicted molar refractivity (Wildman–Crippen MR) is 119 cm³/mol. The van der Waals surface area contributed by atoms with Crippen molar-refractivity contribution in [3.63, 3.8) is 0 Å². The van der Waals surface area contributed by atoms with E-state index in [2.05, 4.69) is 20.3 Å². The molecule has 4 aromatic rings. The van der Waals surface area contributed by atoms with E-state index in [0.29, 0.717) is 6.54 Å². The molecule has 0 saturated heterocycles. The third kappa shape index (κ3) is 4.93. The Kier molecular flexibility index (Phi) is 6.09. The quantitative estimate of drug-likeness (QED) is 0.303. The Hall–Kier alpha value is -4.54. The summed E-state index contributed by atoms with van der Waals surface area (Å²) in [6.45, 7) is 0.399. The molecule has 0 amide bonds. The van der Waals surface area contributed by atoms with E-state index in [1.165, 1.54) is 24.4 Å². The zero-order chi connectivity index (χ0) is 24.3. The lowest BCUT2D eigenvalue weighted by atomic mass is 10.0. The van der Waals surface area contributed by atoms with Crippen molar-refractivity contribution in [1.82, 2.24) is 15.0 Å². The van der Waals surface area contributed by atoms with E-state index in [-0.39, 0.29) is 28.5 Å². The van der Waals surface area contributed by atoms with Gasteiger partial charge in [-0.3, -0.25) is 14.9 Å². The van der Waals surface area contributed by atoms with Crippen LogP contribution in [0.1, 0.15) is 11.1 Å². The number of pyridine rings is 1. The number of alkyl halides is 3. The van der Waals surface area contributed by atoms with E-state index in [0.717, 1.165) is 23.8 Å². The number of aromatic amines is 1. The van der Waals surface area contributed by atoms with Crippen LogP contribution in [0.2, 0.25) is 0 Å². The highest BCUT2D eigenvalue weighted by atomic mass is 19.4. The number of nitrogens with zero attached hydrogens (tertiary/aromatic N) is 3. The topological polar surface area (TPSA) is 114 Å². The van der Waals surface area contributed by atoms with Crippen LogP contribution in [-0.2, 0) is 12.7 Å². The lowest BCUT2D eigenvalue weighted by molar-refractivity contribution is -0.386. The van der Waals surface area contributed by atoms with Gasteiger partial charge in [0.05, 0.1) is 21.9 Å². The normalized spacial score (nSPS) is 11.3. The Labute approximate surface area is 190 Å². The maximum atomic E-state index is 13.2. The molecule has 0 fully saturated rings. The molecule has 2 heterocycles. The van der Waals surface area contributed by atoms with Gasteiger partial charge in [0, 0.05) is 24.4 Å². The first-order valence-corrected chi connectivity index (χ1v) is 9.93. The van der Waals surface area contributed by atoms with Crippen molar-refractivity contribution in [2.24, 2.45) is 0 Å². The number of nitro groups is 1. The first-order chi connectivity index (χ1) is 16.2. The summed E-state index contributed by atoms with van der Waals surface area (Å²) in [6, 6.07) is 16.2. The first kappa shape index (κ1) is 22.6. The van der Waals surface area contributed by atoms with Gasteiger partial charge in [0.1, 0.15) is 0 Å². The van der Waals surface area contributed by atoms with Crippen LogP contribution >= 0.6 is 0 Å². The van der Waals surface area contributed by atoms with Crippen molar-refractivity contribution in [3.05, 3.63) is 105 Å². The number of hydrogen-bond acceptors (Lipinski definition) is 6. The summed E-state index contributed by atoms with van der Waals surface area (Å²) in [5.41, 5.74) is -1.53. The molecule has 0 atom stereocenters. The highest BCUT2D eigenvalue weighted by Crippen LogP contribution is 2.35. The van der Waals surface area contributed by atoms with Gasteiger partial charge in [-0.15, -0.1) is 0 Å². The Balaban J connectivity index is 1.80. The largest absolute Gasteiger partial charge is 0.416 e. The molecule has 0 aliphatic carbocycles. The molecule has 4 rings (SSSR count). The summed E-state index contributed by atoms with van der Waals surface area (Å²) in [6.07, 6.45) is -3.21. The van der Waals surface area contributed by atoms with Gasteiger partial charge in [0.25, 0.3) is 0 Å². The fourth-order valence-corrected chi connectivity index (χ4v) is 3.31. The lowest BCUT2D eigenvalue weighted by Gasteiger charge is -2.13. The van der Waals surface area contributed by atoms with E-state index in [9.17, 15) is 28.1 Å². The molecule has 34 heavy (non-hydrogen) atoms. The van der Waals surface area contributed by atoms with E-state index in [1.54, 1.807) is 0 Å². The molecule has 0 unspecified atom stereocenters. The second kappa shape index (κ2) is 9.14. The minimum absolute atomic E-state index is 0.0224. The third-order valence-corrected chi connectivity index (χ3v) is 4.92. The highest BCUT2D eigenvalue weighted by molar-refractivity contribution is 5.80. The highest BCUT2D eigenvalue weighted by Gasteiger charge is 2.31. The fourth-order valence-electron chi connectivity index (χ4n) is 3.31. The number of halogens is 3. The Morgan fingerprint density at radius 3 is 2.50 bits per heavy atom. The number of nitrogens with one attached hydrogen (secondary N) is 2. The van der Waals surface area contributed by atoms with Crippen molar-refractivity contribution in [2.75, 3.05) is 5.32 Å². The molecule has 2 aromatic carbocycles. The van der Waals surface area contributed by atoms with Crippen LogP contribution in [-0.4, -0.2) is 19.9 Å². The predicted octanol–water partition coefficient (Wildman–Crippen LogP) is 5.04. The molecule has 0 bridgehead atoms. The van der Waals surface area contributed by atoms with Gasteiger partial charge in [-0.1, -0.05) is 42.5 Å². The molecule has 11 heteroatoms. The van der Waals surface area contributed by atoms with Crippen LogP contribution < -0.4 is 10.9 Å². The maximum Gasteiger partial charge on any atom is 0.416 e. The average molecular weight is 467 g/mol. The number of aromatic nitrogens is 3. The standard InChI is InChI=1S/C23H16F3N5O3/c24-23(25,26)16-8-4-7-15(11-16)20-17(12-19(31(33)34)21(32)30-20)18-9-10-27-22(29-18)28-13-14-5-2-1-3-6-14/h1-12H,13H2,(H,30,32)(H,27,28,29). The summed E-state index contributed by atoms with van der Waals surface area (Å²) >= 11 is 0. The van der Waals surface area contributed by atoms with Gasteiger partial charge < -0.3 is 10.3 Å². The molecule has 0 saturated carbocycles. The number of hydrogen-bond donors (Lipinski definition) is 2. The monoisotopic (exact) mass is 467 g/mol. The number of H-pyrrole nitrogens is 1. The molecule has 0 radical (unpaired) electrons. The van der Waals surface area contributed by atoms with Crippen LogP contribution in [0.4, 0.5) is 24.8 Å². The second-order valence-electron chi connectivity index (χ2n) is 7.21. The van der Waals surface area contributed by atoms with Crippen molar-refractivity contribution in [1.29, 1.82) is 0 Å². The molecule has 0 spiro atoms. The van der Waals surface area contributed by atoms with Crippen LogP contribution in [0.15, 0.2) is 77.7 Å². The summed E-state index contributed by atoms with van der Waals surface area (Å²) in [5, 5.41) is 14.4. The minimum Gasteiger partial charge on any atom is -0.350 e. The smallest absolute Gasteiger partial charge is 0.350 e. The van der Waals surface area contributed by atoms with Crippen LogP contribution in [0.5, 0.6) is 0 Å². The Morgan fingerprint density at radius 2 is 1.79 bits per heavy atom. The van der Waals surface area contributed by atoms with Crippen molar-refractivity contribution in [2.45, 2.75) is 12.7 Å². The summed E-state index contributed by atoms with van der Waals surface area (Å²) in [5.74, 6) is 0.199. The fraction of sp³-hybridized carbons (Fsp3) is 0.0870. The minimum atomic E-state index is -4.61. The van der Waals surface area contributed by atoms with Crippen molar-refractivity contribution < 1.29 is 18.1 Å². The molecule has 0 aliphatic heterocycles. The molecule has 2 aromatic heterocycles. The van der Waals surface area contributed by atoms with Crippen LogP contribution in [0, 0.1) is 10.1 Å². The molecule has 0 aliphatic rings. The third-order valence-electron chi connectivity index (χ3n) is 4.92. The van der Waals surface area contributed by atoms with Crippen LogP contribution in [0.3, 0.4) is 0 Å². The first-order valence-electron chi connectivity index (χ1n) is 9.93. The van der Waals surface area contributed by atoms with Gasteiger partial charge in [0.2, 0.25) is 5.95 Å². The van der Waals surface area contributed by atoms with Gasteiger partial charge in [-0.25, -0.2) is 9.97 Å². The van der Waals surface area contributed by atoms with Gasteiger partial charge >= 0.3 is 17.4 Å². The second-order valence-corrected chi connectivity index (χ2v) is 7.21. The number of benzene rings is 2. The van der Waals surface area contributed by atoms with E-state index >= 15 is 0 Å². The SMILES string of the molecule is O=c1[nH]c(-c2cccc(C(F)(F)F)c2)c(-c2ccnc(NCc3ccccc3)n2)cc1[N+](=O)[O-]. The molecule has 172 valence electrons. The summed E-state index contributed by atoms with van der Waals surface area (Å²) in [4.78, 5) is 33.6. The van der Waals surface area contributed by atoms with E-state index in [1.807, 2.05) is 30.3 Å². The zero-order valence-electron chi connectivity index (χ0n) is 17.3. The Bertz CT molecular complexity index is 1410. The van der Waals surface area contributed by atoms with Crippen molar-refractivity contribution >= 4 is 11.6 Å². The average Bonchev–Trinajstić information content (AvgIpc) is 2.83. The molecular weight excluding hydrogens is 451 g/mol. The van der Waals surface area contributed by atoms with Crippen LogP contribution in [0.25, 0.3) is 22.5 Å². The molecule has 2 N–H and O–H groups in total. The van der Waals surface area contributed by atoms with Gasteiger partial charge in [-0.2, -0.15) is 13.2 Å². The van der Waals surface area contributed by atoms with Gasteiger partial charge in [-0.05, 0) is 29.3 Å². The molecule has 8 nitrogen and oxygen atoms in total.